The topological polar surface area (TPSA) is 71.1 Å². The Labute approximate surface area is 148 Å². The molecule has 25 heavy (non-hydrogen) atoms. The summed E-state index contributed by atoms with van der Waals surface area (Å²) in [5.74, 6) is 1.36. The number of hydrogen-bond acceptors (Lipinski definition) is 5. The summed E-state index contributed by atoms with van der Waals surface area (Å²) in [7, 11) is 4.00. The number of nitrogens with one attached hydrogen (secondary N) is 1. The van der Waals surface area contributed by atoms with E-state index in [0.717, 1.165) is 24.3 Å². The smallest absolute Gasteiger partial charge is 0.231 e. The second-order valence-corrected chi connectivity index (χ2v) is 6.38. The summed E-state index contributed by atoms with van der Waals surface area (Å²) in [6.07, 6.45) is 1.19. The Morgan fingerprint density at radius 3 is 2.60 bits per heavy atom. The normalized spacial score (nSPS) is 12.3. The van der Waals surface area contributed by atoms with Crippen LogP contribution in [0, 0.1) is 0 Å². The molecule has 0 aliphatic carbocycles. The number of carbonyl (C=O) groups excluding carboxylic acids is 2. The number of fused-ring (bicyclic) bond motifs is 1. The number of benzene rings is 1. The number of hydrogen-bond donors (Lipinski definition) is 1. The van der Waals surface area contributed by atoms with Gasteiger partial charge in [-0.25, -0.2) is 0 Å². The Morgan fingerprint density at radius 1 is 1.12 bits per heavy atom. The third-order valence-corrected chi connectivity index (χ3v) is 4.01. The molecule has 1 aromatic rings. The molecule has 1 aliphatic heterocycles. The van der Waals surface area contributed by atoms with Gasteiger partial charge in [-0.15, -0.1) is 0 Å². The van der Waals surface area contributed by atoms with Crippen LogP contribution in [-0.2, 0) is 16.1 Å². The zero-order valence-electron chi connectivity index (χ0n) is 15.2. The number of amides is 2. The van der Waals surface area contributed by atoms with Crippen molar-refractivity contribution in [2.75, 3.05) is 40.5 Å². The predicted octanol–water partition coefficient (Wildman–Crippen LogP) is 1.22. The molecular formula is C18H27N3O4. The van der Waals surface area contributed by atoms with Gasteiger partial charge < -0.3 is 24.6 Å². The van der Waals surface area contributed by atoms with Gasteiger partial charge in [0.1, 0.15) is 0 Å². The average Bonchev–Trinajstić information content (AvgIpc) is 3.03. The summed E-state index contributed by atoms with van der Waals surface area (Å²) in [4.78, 5) is 27.5. The molecule has 138 valence electrons. The van der Waals surface area contributed by atoms with E-state index in [1.807, 2.05) is 32.3 Å². The molecule has 7 heteroatoms. The molecule has 0 bridgehead atoms. The standard InChI is InChI=1S/C18H27N3O4/c1-14(22)21(9-4-8-20(2)3)10-7-18(23)19-12-15-5-6-16-17(11-15)25-13-24-16/h5-6,11H,4,7-10,12-13H2,1-3H3,(H,19,23). The van der Waals surface area contributed by atoms with Crippen molar-refractivity contribution in [3.63, 3.8) is 0 Å². The molecular weight excluding hydrogens is 322 g/mol. The predicted molar refractivity (Wildman–Crippen MR) is 94.5 cm³/mol. The van der Waals surface area contributed by atoms with Gasteiger partial charge >= 0.3 is 0 Å². The van der Waals surface area contributed by atoms with Gasteiger partial charge in [0.05, 0.1) is 0 Å². The van der Waals surface area contributed by atoms with Crippen molar-refractivity contribution in [3.8, 4) is 11.5 Å². The molecule has 0 saturated carbocycles. The van der Waals surface area contributed by atoms with Crippen molar-refractivity contribution in [3.05, 3.63) is 23.8 Å². The van der Waals surface area contributed by atoms with Crippen LogP contribution in [0.3, 0.4) is 0 Å². The molecule has 0 radical (unpaired) electrons. The molecule has 0 atom stereocenters. The van der Waals surface area contributed by atoms with Gasteiger partial charge in [0, 0.05) is 33.0 Å². The van der Waals surface area contributed by atoms with E-state index in [9.17, 15) is 9.59 Å². The summed E-state index contributed by atoms with van der Waals surface area (Å²) in [5, 5.41) is 2.88. The summed E-state index contributed by atoms with van der Waals surface area (Å²) < 4.78 is 10.6. The highest BCUT2D eigenvalue weighted by Crippen LogP contribution is 2.32. The zero-order valence-corrected chi connectivity index (χ0v) is 15.2. The maximum atomic E-state index is 12.0. The largest absolute Gasteiger partial charge is 0.454 e. The molecule has 7 nitrogen and oxygen atoms in total. The van der Waals surface area contributed by atoms with Gasteiger partial charge in [0.25, 0.3) is 0 Å². The third kappa shape index (κ3) is 6.26. The van der Waals surface area contributed by atoms with Gasteiger partial charge in [0.15, 0.2) is 11.5 Å². The Hall–Kier alpha value is -2.28. The maximum Gasteiger partial charge on any atom is 0.231 e. The van der Waals surface area contributed by atoms with E-state index in [-0.39, 0.29) is 18.6 Å². The number of nitrogens with zero attached hydrogens (tertiary/aromatic N) is 2. The maximum absolute atomic E-state index is 12.0. The molecule has 0 aromatic heterocycles. The fraction of sp³-hybridized carbons (Fsp3) is 0.556. The minimum Gasteiger partial charge on any atom is -0.454 e. The van der Waals surface area contributed by atoms with Crippen LogP contribution in [-0.4, -0.2) is 62.1 Å². The SMILES string of the molecule is CC(=O)N(CCCN(C)C)CCC(=O)NCc1ccc2c(c1)OCO2. The Balaban J connectivity index is 1.72. The molecule has 1 aromatic carbocycles. The first-order valence-electron chi connectivity index (χ1n) is 8.51. The van der Waals surface area contributed by atoms with Crippen LogP contribution in [0.4, 0.5) is 0 Å². The van der Waals surface area contributed by atoms with E-state index in [1.165, 1.54) is 0 Å². The molecule has 2 amide bonds. The van der Waals surface area contributed by atoms with Crippen LogP contribution >= 0.6 is 0 Å². The van der Waals surface area contributed by atoms with Crippen molar-refractivity contribution in [1.82, 2.24) is 15.1 Å². The van der Waals surface area contributed by atoms with E-state index in [1.54, 1.807) is 11.8 Å². The van der Waals surface area contributed by atoms with E-state index >= 15 is 0 Å². The third-order valence-electron chi connectivity index (χ3n) is 4.01. The number of rotatable bonds is 9. The average molecular weight is 349 g/mol. The molecule has 1 aliphatic rings. The van der Waals surface area contributed by atoms with E-state index in [4.69, 9.17) is 9.47 Å². The van der Waals surface area contributed by atoms with Gasteiger partial charge in [0.2, 0.25) is 18.6 Å². The molecule has 1 N–H and O–H groups in total. The Bertz CT molecular complexity index is 604. The second-order valence-electron chi connectivity index (χ2n) is 6.38. The first-order chi connectivity index (χ1) is 12.0. The fourth-order valence-electron chi connectivity index (χ4n) is 2.58. The summed E-state index contributed by atoms with van der Waals surface area (Å²) in [6, 6.07) is 5.61. The van der Waals surface area contributed by atoms with Gasteiger partial charge in [-0.1, -0.05) is 6.07 Å². The van der Waals surface area contributed by atoms with Crippen molar-refractivity contribution >= 4 is 11.8 Å². The lowest BCUT2D eigenvalue weighted by molar-refractivity contribution is -0.129. The monoisotopic (exact) mass is 349 g/mol. The van der Waals surface area contributed by atoms with Crippen LogP contribution in [0.2, 0.25) is 0 Å². The highest BCUT2D eigenvalue weighted by Gasteiger charge is 2.14. The lowest BCUT2D eigenvalue weighted by atomic mass is 10.2. The second kappa shape index (κ2) is 9.27. The van der Waals surface area contributed by atoms with Crippen LogP contribution in [0.5, 0.6) is 11.5 Å². The van der Waals surface area contributed by atoms with E-state index in [0.29, 0.717) is 31.8 Å². The summed E-state index contributed by atoms with van der Waals surface area (Å²) in [5.41, 5.74) is 0.951. The molecule has 0 spiro atoms. The fourth-order valence-corrected chi connectivity index (χ4v) is 2.58. The number of ether oxygens (including phenoxy) is 2. The van der Waals surface area contributed by atoms with Crippen LogP contribution in [0.1, 0.15) is 25.3 Å². The van der Waals surface area contributed by atoms with Crippen LogP contribution < -0.4 is 14.8 Å². The molecule has 1 heterocycles. The first-order valence-corrected chi connectivity index (χ1v) is 8.51. The van der Waals surface area contributed by atoms with Crippen LogP contribution in [0.15, 0.2) is 18.2 Å². The Kier molecular flexibility index (Phi) is 7.06. The van der Waals surface area contributed by atoms with Crippen molar-refractivity contribution in [1.29, 1.82) is 0 Å². The van der Waals surface area contributed by atoms with Gasteiger partial charge in [-0.3, -0.25) is 9.59 Å². The Morgan fingerprint density at radius 2 is 1.88 bits per heavy atom. The zero-order chi connectivity index (χ0) is 18.2. The molecule has 0 saturated heterocycles. The first kappa shape index (κ1) is 19.1. The summed E-state index contributed by atoms with van der Waals surface area (Å²) in [6.45, 7) is 4.23. The lowest BCUT2D eigenvalue weighted by Gasteiger charge is -2.21. The minimum atomic E-state index is -0.0727. The number of carbonyl (C=O) groups is 2. The van der Waals surface area contributed by atoms with Crippen molar-refractivity contribution in [2.45, 2.75) is 26.3 Å². The highest BCUT2D eigenvalue weighted by molar-refractivity contribution is 5.78. The van der Waals surface area contributed by atoms with Crippen LogP contribution in [0.25, 0.3) is 0 Å². The van der Waals surface area contributed by atoms with Gasteiger partial charge in [-0.05, 0) is 44.8 Å². The van der Waals surface area contributed by atoms with Crippen molar-refractivity contribution in [2.24, 2.45) is 0 Å². The summed E-state index contributed by atoms with van der Waals surface area (Å²) >= 11 is 0. The molecule has 0 fully saturated rings. The van der Waals surface area contributed by atoms with E-state index in [2.05, 4.69) is 10.2 Å². The minimum absolute atomic E-state index is 0.00215. The quantitative estimate of drug-likeness (QED) is 0.726. The van der Waals surface area contributed by atoms with Crippen molar-refractivity contribution < 1.29 is 19.1 Å². The highest BCUT2D eigenvalue weighted by atomic mass is 16.7. The molecule has 0 unspecified atom stereocenters. The van der Waals surface area contributed by atoms with E-state index < -0.39 is 0 Å². The van der Waals surface area contributed by atoms with Gasteiger partial charge in [-0.2, -0.15) is 0 Å². The lowest BCUT2D eigenvalue weighted by Crippen LogP contribution is -2.35. The molecule has 2 rings (SSSR count).